The predicted octanol–water partition coefficient (Wildman–Crippen LogP) is -5.31. The van der Waals surface area contributed by atoms with E-state index in [0.29, 0.717) is 0 Å². The van der Waals surface area contributed by atoms with Crippen LogP contribution in [0.25, 0.3) is 10.8 Å². The van der Waals surface area contributed by atoms with Crippen LogP contribution in [0.3, 0.4) is 0 Å². The maximum atomic E-state index is 2.34. The molecule has 0 saturated heterocycles. The molecule has 0 spiro atoms. The molecule has 0 fully saturated rings. The van der Waals surface area contributed by atoms with Crippen molar-refractivity contribution in [2.24, 2.45) is 0 Å². The summed E-state index contributed by atoms with van der Waals surface area (Å²) in [6, 6.07) is 11.2. The smallest absolute Gasteiger partial charge is 1.00 e. The van der Waals surface area contributed by atoms with Gasteiger partial charge < -0.3 is 50.9 Å². The Labute approximate surface area is 150 Å². The average molecular weight is 459 g/mol. The minimum atomic E-state index is 0. The molecule has 0 aliphatic heterocycles. The third kappa shape index (κ3) is 5.24. The van der Waals surface area contributed by atoms with Gasteiger partial charge in [-0.25, -0.2) is 0 Å². The van der Waals surface area contributed by atoms with Crippen LogP contribution in [0.15, 0.2) is 30.3 Å². The minimum absolute atomic E-state index is 0. The van der Waals surface area contributed by atoms with Gasteiger partial charge in [-0.1, -0.05) is 31.0 Å². The van der Waals surface area contributed by atoms with Crippen LogP contribution < -0.4 is 50.9 Å². The van der Waals surface area contributed by atoms with E-state index < -0.39 is 0 Å². The number of rotatable bonds is 2. The van der Waals surface area contributed by atoms with Gasteiger partial charge in [0.1, 0.15) is 0 Å². The van der Waals surface area contributed by atoms with Gasteiger partial charge in [0.2, 0.25) is 0 Å². The maximum absolute atomic E-state index is 2.34. The fourth-order valence-corrected chi connectivity index (χ4v) is 1.89. The zero-order chi connectivity index (χ0) is 9.26. The zero-order valence-electron chi connectivity index (χ0n) is 9.93. The number of halogens is 3. The molecular formula is C13H15Br3Ti. The summed E-state index contributed by atoms with van der Waals surface area (Å²) in [5, 5.41) is 2.83. The van der Waals surface area contributed by atoms with E-state index in [1.54, 1.807) is 0 Å². The molecule has 0 saturated carbocycles. The molecule has 0 bridgehead atoms. The summed E-state index contributed by atoms with van der Waals surface area (Å²) in [6.45, 7) is 4.44. The molecule has 17 heavy (non-hydrogen) atoms. The van der Waals surface area contributed by atoms with Crippen molar-refractivity contribution in [3.05, 3.63) is 41.5 Å². The zero-order valence-corrected chi connectivity index (χ0v) is 16.3. The van der Waals surface area contributed by atoms with Crippen molar-refractivity contribution in [1.29, 1.82) is 0 Å². The Morgan fingerprint density at radius 3 is 2.18 bits per heavy atom. The van der Waals surface area contributed by atoms with E-state index in [4.69, 9.17) is 0 Å². The van der Waals surface area contributed by atoms with E-state index in [1.165, 1.54) is 21.9 Å². The van der Waals surface area contributed by atoms with Crippen molar-refractivity contribution in [2.75, 3.05) is 0 Å². The van der Waals surface area contributed by atoms with Crippen molar-refractivity contribution in [3.63, 3.8) is 0 Å². The normalized spacial score (nSPS) is 8.35. The molecule has 2 aromatic carbocycles. The Morgan fingerprint density at radius 2 is 1.65 bits per heavy atom. The molecule has 0 atom stereocenters. The van der Waals surface area contributed by atoms with E-state index in [9.17, 15) is 0 Å². The average Bonchev–Trinajstić information content (AvgIpc) is 2.63. The molecule has 0 unspecified atom stereocenters. The third-order valence-corrected chi connectivity index (χ3v) is 2.69. The van der Waals surface area contributed by atoms with Gasteiger partial charge in [0, 0.05) is 0 Å². The fourth-order valence-electron chi connectivity index (χ4n) is 1.89. The number of aryl methyl sites for hydroxylation is 2. The van der Waals surface area contributed by atoms with Crippen LogP contribution in [0.5, 0.6) is 0 Å². The first kappa shape index (κ1) is 23.1. The number of benzene rings is 1. The SMILES string of the molecule is CCc1cc(CC)c2cc[cH-]c2c1.[Br-].[Br-].[Br-].[Ti+4]. The fraction of sp³-hybridized carbons (Fsp3) is 0.308. The van der Waals surface area contributed by atoms with Crippen LogP contribution in [0.1, 0.15) is 25.0 Å². The quantitative estimate of drug-likeness (QED) is 0.312. The van der Waals surface area contributed by atoms with Crippen LogP contribution in [0.4, 0.5) is 0 Å². The molecule has 0 radical (unpaired) electrons. The molecule has 2 aromatic rings. The number of hydrogen-bond donors (Lipinski definition) is 0. The summed E-state index contributed by atoms with van der Waals surface area (Å²) in [7, 11) is 0. The Hall–Kier alpha value is 0.984. The Morgan fingerprint density at radius 1 is 1.00 bits per heavy atom. The second kappa shape index (κ2) is 10.9. The van der Waals surface area contributed by atoms with E-state index in [-0.39, 0.29) is 72.7 Å². The first-order chi connectivity index (χ1) is 6.35. The molecular weight excluding hydrogens is 444 g/mol. The number of hydrogen-bond acceptors (Lipinski definition) is 0. The first-order valence-corrected chi connectivity index (χ1v) is 5.02. The molecule has 0 aliphatic rings. The monoisotopic (exact) mass is 456 g/mol. The third-order valence-electron chi connectivity index (χ3n) is 2.69. The molecule has 2 rings (SSSR count). The molecule has 0 aliphatic carbocycles. The summed E-state index contributed by atoms with van der Waals surface area (Å²) in [6.07, 6.45) is 2.27. The van der Waals surface area contributed by atoms with E-state index in [2.05, 4.69) is 44.2 Å². The maximum Gasteiger partial charge on any atom is 4.00 e. The van der Waals surface area contributed by atoms with Crippen LogP contribution in [0.2, 0.25) is 0 Å². The molecule has 0 heterocycles. The Kier molecular flexibility index (Phi) is 14.8. The Balaban J connectivity index is -0.000000490. The molecule has 0 nitrogen and oxygen atoms in total. The van der Waals surface area contributed by atoms with Gasteiger partial charge in [-0.15, -0.1) is 22.9 Å². The predicted molar refractivity (Wildman–Crippen MR) is 58.3 cm³/mol. The van der Waals surface area contributed by atoms with E-state index in [1.807, 2.05) is 0 Å². The van der Waals surface area contributed by atoms with Crippen molar-refractivity contribution < 1.29 is 72.7 Å². The topological polar surface area (TPSA) is 0 Å². The minimum Gasteiger partial charge on any atom is -1.00 e. The van der Waals surface area contributed by atoms with E-state index >= 15 is 0 Å². The van der Waals surface area contributed by atoms with Crippen LogP contribution in [-0.4, -0.2) is 0 Å². The van der Waals surface area contributed by atoms with Gasteiger partial charge in [0.15, 0.2) is 0 Å². The standard InChI is InChI=1S/C13H15.3BrH.Ti/c1-3-10-8-11(4-2)13-7-5-6-12(13)9-10;;;;/h5-9H,3-4H2,1-2H3;3*1H;/q-1;;;;+4/p-3. The van der Waals surface area contributed by atoms with Gasteiger partial charge in [0.05, 0.1) is 0 Å². The van der Waals surface area contributed by atoms with Gasteiger partial charge >= 0.3 is 21.7 Å². The number of fused-ring (bicyclic) bond motifs is 1. The molecule has 92 valence electrons. The van der Waals surface area contributed by atoms with Crippen molar-refractivity contribution in [1.82, 2.24) is 0 Å². The van der Waals surface area contributed by atoms with Crippen molar-refractivity contribution >= 4 is 10.8 Å². The summed E-state index contributed by atoms with van der Waals surface area (Å²) in [4.78, 5) is 0. The molecule has 0 N–H and O–H groups in total. The first-order valence-electron chi connectivity index (χ1n) is 5.02. The second-order valence-corrected chi connectivity index (χ2v) is 3.49. The van der Waals surface area contributed by atoms with Gasteiger partial charge in [-0.3, -0.25) is 0 Å². The van der Waals surface area contributed by atoms with Gasteiger partial charge in [-0.05, 0) is 12.8 Å². The summed E-state index contributed by atoms with van der Waals surface area (Å²) in [5.74, 6) is 0. The van der Waals surface area contributed by atoms with Gasteiger partial charge in [0.25, 0.3) is 0 Å². The van der Waals surface area contributed by atoms with Crippen LogP contribution in [-0.2, 0) is 34.6 Å². The van der Waals surface area contributed by atoms with E-state index in [0.717, 1.165) is 12.8 Å². The summed E-state index contributed by atoms with van der Waals surface area (Å²) < 4.78 is 0. The Bertz CT molecular complexity index is 424. The van der Waals surface area contributed by atoms with Crippen LogP contribution >= 0.6 is 0 Å². The van der Waals surface area contributed by atoms with Crippen molar-refractivity contribution in [3.8, 4) is 0 Å². The summed E-state index contributed by atoms with van der Waals surface area (Å²) >= 11 is 0. The summed E-state index contributed by atoms with van der Waals surface area (Å²) in [5.41, 5.74) is 2.94. The second-order valence-electron chi connectivity index (χ2n) is 3.49. The molecule has 4 heteroatoms. The van der Waals surface area contributed by atoms with Crippen molar-refractivity contribution in [2.45, 2.75) is 26.7 Å². The largest absolute Gasteiger partial charge is 4.00 e. The molecule has 0 amide bonds. The van der Waals surface area contributed by atoms with Crippen LogP contribution in [0, 0.1) is 0 Å². The van der Waals surface area contributed by atoms with Gasteiger partial charge in [-0.2, -0.15) is 12.1 Å². The molecule has 0 aromatic heterocycles.